The lowest BCUT2D eigenvalue weighted by atomic mass is 10.1. The van der Waals surface area contributed by atoms with Crippen molar-refractivity contribution in [1.29, 1.82) is 0 Å². The molecule has 6 rings (SSSR count). The van der Waals surface area contributed by atoms with E-state index in [1.807, 2.05) is 0 Å². The summed E-state index contributed by atoms with van der Waals surface area (Å²) >= 11 is 0. The summed E-state index contributed by atoms with van der Waals surface area (Å²) in [7, 11) is 0. The average molecular weight is 607 g/mol. The zero-order valence-corrected chi connectivity index (χ0v) is 23.9. The third-order valence-corrected chi connectivity index (χ3v) is 7.17. The second kappa shape index (κ2) is 13.7. The number of hydrogen-bond donors (Lipinski definition) is 2. The zero-order chi connectivity index (χ0) is 30.3. The van der Waals surface area contributed by atoms with Gasteiger partial charge >= 0.3 is 6.03 Å². The van der Waals surface area contributed by atoms with E-state index in [1.165, 1.54) is 24.3 Å². The van der Waals surface area contributed by atoms with Crippen molar-refractivity contribution in [2.75, 3.05) is 58.0 Å². The van der Waals surface area contributed by atoms with Crippen LogP contribution in [0.2, 0.25) is 0 Å². The fourth-order valence-corrected chi connectivity index (χ4v) is 5.05. The highest BCUT2D eigenvalue weighted by Crippen LogP contribution is 2.48. The molecule has 1 aromatic heterocycles. The molecule has 0 spiro atoms. The van der Waals surface area contributed by atoms with Gasteiger partial charge in [-0.15, -0.1) is 0 Å². The Morgan fingerprint density at radius 1 is 0.932 bits per heavy atom. The number of fused-ring (bicyclic) bond motifs is 3. The van der Waals surface area contributed by atoms with Crippen LogP contribution >= 0.6 is 0 Å². The molecule has 0 saturated carbocycles. The summed E-state index contributed by atoms with van der Waals surface area (Å²) in [4.78, 5) is 19.1. The molecule has 0 bridgehead atoms. The third kappa shape index (κ3) is 7.09. The molecule has 44 heavy (non-hydrogen) atoms. The van der Waals surface area contributed by atoms with Crippen molar-refractivity contribution in [1.82, 2.24) is 15.2 Å². The Balaban J connectivity index is 1.14. The normalized spacial score (nSPS) is 14.7. The number of aromatic nitrogens is 1. The maximum Gasteiger partial charge on any atom is 0.319 e. The zero-order valence-electron chi connectivity index (χ0n) is 23.9. The van der Waals surface area contributed by atoms with E-state index in [0.29, 0.717) is 59.3 Å². The van der Waals surface area contributed by atoms with E-state index in [0.717, 1.165) is 45.3 Å². The first kappa shape index (κ1) is 29.4. The number of amides is 2. The number of carbonyl (C=O) groups is 1. The van der Waals surface area contributed by atoms with E-state index in [2.05, 4.69) is 20.5 Å². The van der Waals surface area contributed by atoms with Gasteiger partial charge in [-0.3, -0.25) is 9.88 Å². The van der Waals surface area contributed by atoms with Gasteiger partial charge in [0.25, 0.3) is 0 Å². The molecular weight excluding hydrogens is 574 g/mol. The molecular formula is C32H32F2N4O6. The smallest absolute Gasteiger partial charge is 0.319 e. The molecule has 12 heteroatoms. The van der Waals surface area contributed by atoms with Gasteiger partial charge in [0.1, 0.15) is 24.8 Å². The van der Waals surface area contributed by atoms with Crippen molar-refractivity contribution in [3.05, 3.63) is 78.0 Å². The highest BCUT2D eigenvalue weighted by atomic mass is 19.1. The number of halogens is 2. The quantitative estimate of drug-likeness (QED) is 0.228. The highest BCUT2D eigenvalue weighted by molar-refractivity contribution is 5.95. The number of carbonyl (C=O) groups excluding carboxylic acids is 1. The lowest BCUT2D eigenvalue weighted by Gasteiger charge is -2.26. The van der Waals surface area contributed by atoms with Gasteiger partial charge in [0.15, 0.2) is 23.1 Å². The monoisotopic (exact) mass is 606 g/mol. The van der Waals surface area contributed by atoms with Crippen LogP contribution in [0.25, 0.3) is 10.9 Å². The van der Waals surface area contributed by atoms with Gasteiger partial charge in [0.05, 0.1) is 30.7 Å². The van der Waals surface area contributed by atoms with E-state index in [4.69, 9.17) is 23.7 Å². The number of nitrogens with zero attached hydrogens (tertiary/aromatic N) is 2. The molecule has 0 atom stereocenters. The summed E-state index contributed by atoms with van der Waals surface area (Å²) in [6, 6.07) is 12.8. The first-order chi connectivity index (χ1) is 21.5. The van der Waals surface area contributed by atoms with Crippen LogP contribution in [0.15, 0.2) is 60.8 Å². The number of ether oxygens (including phenoxy) is 5. The van der Waals surface area contributed by atoms with Crippen LogP contribution in [0.3, 0.4) is 0 Å². The SMILES string of the molecule is O=C(NCc1cccc(F)c1)Nc1ccc(Oc2ccnc3cc(OCCCN4CCOCC4)c4c(c23)OCCO4)c(F)c1. The van der Waals surface area contributed by atoms with Crippen LogP contribution in [0.4, 0.5) is 19.3 Å². The summed E-state index contributed by atoms with van der Waals surface area (Å²) in [5.41, 5.74) is 1.36. The molecule has 0 unspecified atom stereocenters. The molecule has 230 valence electrons. The molecule has 2 aliphatic rings. The summed E-state index contributed by atoms with van der Waals surface area (Å²) in [5.74, 6) is 0.583. The van der Waals surface area contributed by atoms with Gasteiger partial charge in [-0.25, -0.2) is 13.6 Å². The summed E-state index contributed by atoms with van der Waals surface area (Å²) in [6.07, 6.45) is 2.40. The van der Waals surface area contributed by atoms with Gasteiger partial charge in [-0.05, 0) is 42.3 Å². The number of pyridine rings is 1. The van der Waals surface area contributed by atoms with Crippen LogP contribution < -0.4 is 29.6 Å². The standard InChI is InChI=1S/C32H32F2N4O6/c33-22-4-1-3-21(17-22)20-36-32(39)37-23-5-6-26(24(34)18-23)44-27-7-8-35-25-19-28(30-31(29(25)27)43-16-15-42-30)41-12-2-9-38-10-13-40-14-11-38/h1,3-8,17-19H,2,9-16,20H2,(H2,36,37,39). The van der Waals surface area contributed by atoms with Crippen LogP contribution in [-0.2, 0) is 11.3 Å². The van der Waals surface area contributed by atoms with E-state index in [1.54, 1.807) is 30.5 Å². The molecule has 2 N–H and O–H groups in total. The van der Waals surface area contributed by atoms with Crippen molar-refractivity contribution in [3.8, 4) is 28.7 Å². The number of nitrogens with one attached hydrogen (secondary N) is 2. The van der Waals surface area contributed by atoms with E-state index < -0.39 is 17.7 Å². The number of hydrogen-bond acceptors (Lipinski definition) is 8. The van der Waals surface area contributed by atoms with Gasteiger partial charge < -0.3 is 34.3 Å². The van der Waals surface area contributed by atoms with Gasteiger partial charge in [-0.2, -0.15) is 0 Å². The minimum Gasteiger partial charge on any atom is -0.489 e. The van der Waals surface area contributed by atoms with Gasteiger partial charge in [-0.1, -0.05) is 12.1 Å². The molecule has 3 aromatic carbocycles. The predicted molar refractivity (Wildman–Crippen MR) is 159 cm³/mol. The summed E-state index contributed by atoms with van der Waals surface area (Å²) in [5, 5.41) is 5.71. The van der Waals surface area contributed by atoms with Crippen molar-refractivity contribution in [2.24, 2.45) is 0 Å². The van der Waals surface area contributed by atoms with E-state index >= 15 is 4.39 Å². The predicted octanol–water partition coefficient (Wildman–Crippen LogP) is 5.50. The molecule has 1 saturated heterocycles. The molecule has 10 nitrogen and oxygen atoms in total. The molecule has 3 heterocycles. The van der Waals surface area contributed by atoms with Crippen molar-refractivity contribution in [3.63, 3.8) is 0 Å². The lowest BCUT2D eigenvalue weighted by molar-refractivity contribution is 0.0357. The average Bonchev–Trinajstić information content (AvgIpc) is 3.04. The Morgan fingerprint density at radius 2 is 1.77 bits per heavy atom. The summed E-state index contributed by atoms with van der Waals surface area (Å²) in [6.45, 7) is 5.54. The number of rotatable bonds is 10. The van der Waals surface area contributed by atoms with Crippen molar-refractivity contribution in [2.45, 2.75) is 13.0 Å². The number of urea groups is 1. The Hall–Kier alpha value is -4.68. The number of morpholine rings is 1. The second-order valence-corrected chi connectivity index (χ2v) is 10.3. The largest absolute Gasteiger partial charge is 0.489 e. The Labute approximate surface area is 252 Å². The maximum absolute atomic E-state index is 15.2. The maximum atomic E-state index is 15.2. The minimum absolute atomic E-state index is 0.0582. The lowest BCUT2D eigenvalue weighted by Crippen LogP contribution is -2.37. The van der Waals surface area contributed by atoms with Crippen molar-refractivity contribution >= 4 is 22.6 Å². The highest BCUT2D eigenvalue weighted by Gasteiger charge is 2.25. The Kier molecular flexibility index (Phi) is 9.18. The fraction of sp³-hybridized carbons (Fsp3) is 0.312. The van der Waals surface area contributed by atoms with Crippen molar-refractivity contribution < 1.29 is 37.3 Å². The third-order valence-electron chi connectivity index (χ3n) is 7.17. The first-order valence-corrected chi connectivity index (χ1v) is 14.4. The summed E-state index contributed by atoms with van der Waals surface area (Å²) < 4.78 is 58.0. The van der Waals surface area contributed by atoms with Crippen LogP contribution in [0.1, 0.15) is 12.0 Å². The molecule has 1 fully saturated rings. The van der Waals surface area contributed by atoms with Gasteiger partial charge in [0, 0.05) is 50.2 Å². The number of benzene rings is 3. The molecule has 4 aromatic rings. The molecule has 2 aliphatic heterocycles. The number of anilines is 1. The topological polar surface area (TPSA) is 103 Å². The van der Waals surface area contributed by atoms with Crippen LogP contribution in [0.5, 0.6) is 28.7 Å². The van der Waals surface area contributed by atoms with E-state index in [9.17, 15) is 9.18 Å². The molecule has 0 radical (unpaired) electrons. The van der Waals surface area contributed by atoms with Crippen LogP contribution in [0, 0.1) is 11.6 Å². The molecule has 0 aliphatic carbocycles. The Bertz CT molecular complexity index is 1630. The van der Waals surface area contributed by atoms with Crippen LogP contribution in [-0.4, -0.2) is 68.6 Å². The first-order valence-electron chi connectivity index (χ1n) is 14.4. The molecule has 2 amide bonds. The van der Waals surface area contributed by atoms with E-state index in [-0.39, 0.29) is 18.0 Å². The van der Waals surface area contributed by atoms with Gasteiger partial charge in [0.2, 0.25) is 5.75 Å². The Morgan fingerprint density at radius 3 is 2.59 bits per heavy atom. The second-order valence-electron chi connectivity index (χ2n) is 10.3. The fourth-order valence-electron chi connectivity index (χ4n) is 5.05. The minimum atomic E-state index is -0.691.